The predicted octanol–water partition coefficient (Wildman–Crippen LogP) is 3.08. The lowest BCUT2D eigenvalue weighted by atomic mass is 10.2. The van der Waals surface area contributed by atoms with E-state index in [4.69, 9.17) is 9.15 Å². The Morgan fingerprint density at radius 2 is 1.92 bits per heavy atom. The van der Waals surface area contributed by atoms with Crippen LogP contribution in [0.3, 0.4) is 0 Å². The second kappa shape index (κ2) is 7.92. The monoisotopic (exact) mass is 371 g/mol. The van der Waals surface area contributed by atoms with Gasteiger partial charge in [0, 0.05) is 25.2 Å². The van der Waals surface area contributed by atoms with E-state index in [0.29, 0.717) is 11.6 Å². The van der Waals surface area contributed by atoms with Crippen LogP contribution in [0.1, 0.15) is 12.8 Å². The smallest absolute Gasteiger partial charge is 0.228 e. The molecule has 1 saturated heterocycles. The molecule has 26 heavy (non-hydrogen) atoms. The summed E-state index contributed by atoms with van der Waals surface area (Å²) in [5.74, 6) is 3.00. The average molecular weight is 371 g/mol. The van der Waals surface area contributed by atoms with Crippen molar-refractivity contribution in [2.75, 3.05) is 31.2 Å². The standard InChI is InChI=1S/C18H21N5O2S/c1-2-23-17(22-8-10-24-11-9-22)20-21-18(23)26-13-16-19-12-15(25-16)14-6-4-3-5-7-14/h3-7,12H,2,8-11,13H2,1H3. The molecule has 0 N–H and O–H groups in total. The maximum absolute atomic E-state index is 5.87. The third-order valence-corrected chi connectivity index (χ3v) is 5.20. The minimum Gasteiger partial charge on any atom is -0.440 e. The zero-order valence-corrected chi connectivity index (χ0v) is 15.5. The van der Waals surface area contributed by atoms with Crippen molar-refractivity contribution in [3.05, 3.63) is 42.4 Å². The number of hydrogen-bond acceptors (Lipinski definition) is 7. The van der Waals surface area contributed by atoms with Crippen molar-refractivity contribution in [2.45, 2.75) is 24.4 Å². The Hall–Kier alpha value is -2.32. The van der Waals surface area contributed by atoms with E-state index >= 15 is 0 Å². The topological polar surface area (TPSA) is 69.2 Å². The van der Waals surface area contributed by atoms with Crippen molar-refractivity contribution in [2.24, 2.45) is 0 Å². The molecule has 0 saturated carbocycles. The van der Waals surface area contributed by atoms with E-state index in [1.165, 1.54) is 0 Å². The summed E-state index contributed by atoms with van der Waals surface area (Å²) in [4.78, 5) is 6.61. The van der Waals surface area contributed by atoms with Gasteiger partial charge >= 0.3 is 0 Å². The van der Waals surface area contributed by atoms with Crippen LogP contribution >= 0.6 is 11.8 Å². The normalized spacial score (nSPS) is 14.7. The lowest BCUT2D eigenvalue weighted by Crippen LogP contribution is -2.38. The predicted molar refractivity (Wildman–Crippen MR) is 100 cm³/mol. The number of rotatable bonds is 6. The van der Waals surface area contributed by atoms with E-state index in [1.807, 2.05) is 30.3 Å². The highest BCUT2D eigenvalue weighted by molar-refractivity contribution is 7.98. The molecule has 0 amide bonds. The molecule has 1 aliphatic rings. The number of nitrogens with zero attached hydrogens (tertiary/aromatic N) is 5. The van der Waals surface area contributed by atoms with E-state index in [0.717, 1.165) is 55.3 Å². The van der Waals surface area contributed by atoms with Crippen molar-refractivity contribution in [3.8, 4) is 11.3 Å². The number of morpholine rings is 1. The van der Waals surface area contributed by atoms with Crippen molar-refractivity contribution in [3.63, 3.8) is 0 Å². The largest absolute Gasteiger partial charge is 0.440 e. The van der Waals surface area contributed by atoms with Gasteiger partial charge < -0.3 is 14.1 Å². The summed E-state index contributed by atoms with van der Waals surface area (Å²) in [5, 5.41) is 9.64. The fourth-order valence-corrected chi connectivity index (χ4v) is 3.75. The molecule has 7 nitrogen and oxygen atoms in total. The van der Waals surface area contributed by atoms with Gasteiger partial charge in [0.15, 0.2) is 10.9 Å². The highest BCUT2D eigenvalue weighted by atomic mass is 32.2. The summed E-state index contributed by atoms with van der Waals surface area (Å²) in [6.07, 6.45) is 1.77. The van der Waals surface area contributed by atoms with E-state index < -0.39 is 0 Å². The summed E-state index contributed by atoms with van der Waals surface area (Å²) < 4.78 is 13.4. The number of benzene rings is 1. The molecule has 0 bridgehead atoms. The molecule has 8 heteroatoms. The molecular weight excluding hydrogens is 350 g/mol. The molecule has 0 spiro atoms. The van der Waals surface area contributed by atoms with Crippen molar-refractivity contribution in [1.82, 2.24) is 19.7 Å². The van der Waals surface area contributed by atoms with Crippen LogP contribution in [-0.2, 0) is 17.0 Å². The van der Waals surface area contributed by atoms with Gasteiger partial charge in [0.05, 0.1) is 25.2 Å². The van der Waals surface area contributed by atoms with E-state index in [9.17, 15) is 0 Å². The van der Waals surface area contributed by atoms with Gasteiger partial charge in [-0.25, -0.2) is 4.98 Å². The molecular formula is C18H21N5O2S. The van der Waals surface area contributed by atoms with Gasteiger partial charge in [-0.15, -0.1) is 10.2 Å². The lowest BCUT2D eigenvalue weighted by molar-refractivity contribution is 0.121. The zero-order chi connectivity index (χ0) is 17.8. The Labute approximate surface area is 156 Å². The Kier molecular flexibility index (Phi) is 5.21. The molecule has 1 aliphatic heterocycles. The van der Waals surface area contributed by atoms with E-state index in [2.05, 4.69) is 31.6 Å². The minimum atomic E-state index is 0.619. The highest BCUT2D eigenvalue weighted by Gasteiger charge is 2.20. The van der Waals surface area contributed by atoms with Gasteiger partial charge in [-0.1, -0.05) is 42.1 Å². The molecule has 2 aromatic heterocycles. The SMILES string of the molecule is CCn1c(SCc2ncc(-c3ccccc3)o2)nnc1N1CCOCC1. The second-order valence-electron chi connectivity index (χ2n) is 5.90. The average Bonchev–Trinajstić information content (AvgIpc) is 3.34. The Morgan fingerprint density at radius 1 is 1.12 bits per heavy atom. The van der Waals surface area contributed by atoms with Gasteiger partial charge in [-0.05, 0) is 6.92 Å². The van der Waals surface area contributed by atoms with Gasteiger partial charge in [0.2, 0.25) is 11.8 Å². The van der Waals surface area contributed by atoms with Gasteiger partial charge in [0.1, 0.15) is 0 Å². The molecule has 0 radical (unpaired) electrons. The first-order valence-electron chi connectivity index (χ1n) is 8.74. The van der Waals surface area contributed by atoms with Gasteiger partial charge in [-0.3, -0.25) is 4.57 Å². The first kappa shape index (κ1) is 17.1. The molecule has 136 valence electrons. The first-order chi connectivity index (χ1) is 12.8. The van der Waals surface area contributed by atoms with Crippen LogP contribution in [0.5, 0.6) is 0 Å². The maximum Gasteiger partial charge on any atom is 0.228 e. The number of thioether (sulfide) groups is 1. The number of ether oxygens (including phenoxy) is 1. The van der Waals surface area contributed by atoms with Crippen LogP contribution in [0.25, 0.3) is 11.3 Å². The van der Waals surface area contributed by atoms with E-state index in [1.54, 1.807) is 18.0 Å². The van der Waals surface area contributed by atoms with Crippen LogP contribution in [0.4, 0.5) is 5.95 Å². The summed E-state index contributed by atoms with van der Waals surface area (Å²) in [7, 11) is 0. The molecule has 4 rings (SSSR count). The van der Waals surface area contributed by atoms with Crippen LogP contribution < -0.4 is 4.90 Å². The number of anilines is 1. The Balaban J connectivity index is 1.45. The lowest BCUT2D eigenvalue weighted by Gasteiger charge is -2.27. The fourth-order valence-electron chi connectivity index (χ4n) is 2.90. The molecule has 3 heterocycles. The maximum atomic E-state index is 5.87. The molecule has 0 unspecified atom stereocenters. The second-order valence-corrected chi connectivity index (χ2v) is 6.84. The molecule has 1 aromatic carbocycles. The first-order valence-corrected chi connectivity index (χ1v) is 9.72. The summed E-state index contributed by atoms with van der Waals surface area (Å²) in [5.41, 5.74) is 1.03. The van der Waals surface area contributed by atoms with Crippen LogP contribution in [0.2, 0.25) is 0 Å². The van der Waals surface area contributed by atoms with Crippen LogP contribution in [0.15, 0.2) is 46.1 Å². The van der Waals surface area contributed by atoms with Crippen molar-refractivity contribution < 1.29 is 9.15 Å². The highest BCUT2D eigenvalue weighted by Crippen LogP contribution is 2.27. The summed E-state index contributed by atoms with van der Waals surface area (Å²) >= 11 is 1.59. The number of hydrogen-bond donors (Lipinski definition) is 0. The summed E-state index contributed by atoms with van der Waals surface area (Å²) in [6, 6.07) is 9.99. The third-order valence-electron chi connectivity index (χ3n) is 4.24. The third kappa shape index (κ3) is 3.61. The number of oxazole rings is 1. The van der Waals surface area contributed by atoms with Crippen LogP contribution in [0, 0.1) is 0 Å². The fraction of sp³-hybridized carbons (Fsp3) is 0.389. The molecule has 0 aliphatic carbocycles. The van der Waals surface area contributed by atoms with Crippen molar-refractivity contribution >= 4 is 17.7 Å². The van der Waals surface area contributed by atoms with Gasteiger partial charge in [-0.2, -0.15) is 0 Å². The summed E-state index contributed by atoms with van der Waals surface area (Å²) in [6.45, 7) is 6.10. The Morgan fingerprint density at radius 3 is 2.69 bits per heavy atom. The molecule has 0 atom stereocenters. The molecule has 1 fully saturated rings. The zero-order valence-electron chi connectivity index (χ0n) is 14.7. The van der Waals surface area contributed by atoms with Crippen LogP contribution in [-0.4, -0.2) is 46.1 Å². The number of aromatic nitrogens is 4. The Bertz CT molecular complexity index is 842. The van der Waals surface area contributed by atoms with Gasteiger partial charge in [0.25, 0.3) is 0 Å². The quantitative estimate of drug-likeness (QED) is 0.617. The minimum absolute atomic E-state index is 0.619. The van der Waals surface area contributed by atoms with Crippen molar-refractivity contribution in [1.29, 1.82) is 0 Å². The molecule has 3 aromatic rings. The van der Waals surface area contributed by atoms with E-state index in [-0.39, 0.29) is 0 Å².